The quantitative estimate of drug-likeness (QED) is 0.433. The molecule has 1 aromatic rings. The smallest absolute Gasteiger partial charge is 0.341 e. The van der Waals surface area contributed by atoms with Gasteiger partial charge in [0.25, 0.3) is 0 Å². The number of carbonyl (C=O) groups excluding carboxylic acids is 1. The van der Waals surface area contributed by atoms with Crippen LogP contribution in [0.1, 0.15) is 57.4 Å². The molecule has 2 aliphatic rings. The fourth-order valence-corrected chi connectivity index (χ4v) is 3.63. The van der Waals surface area contributed by atoms with Crippen LogP contribution < -0.4 is 0 Å². The molecule has 0 spiro atoms. The van der Waals surface area contributed by atoms with Crippen molar-refractivity contribution in [2.75, 3.05) is 6.61 Å². The molecule has 114 valence electrons. The Morgan fingerprint density at radius 3 is 2.76 bits per heavy atom. The molecule has 0 amide bonds. The Kier molecular flexibility index (Phi) is 4.03. The maximum Gasteiger partial charge on any atom is 0.341 e. The first-order chi connectivity index (χ1) is 10.3. The third kappa shape index (κ3) is 2.38. The number of rotatable bonds is 7. The second-order valence-corrected chi connectivity index (χ2v) is 6.17. The zero-order valence-electron chi connectivity index (χ0n) is 12.8. The summed E-state index contributed by atoms with van der Waals surface area (Å²) >= 11 is 0. The maximum absolute atomic E-state index is 12.5. The zero-order chi connectivity index (χ0) is 14.8. The average Bonchev–Trinajstić information content (AvgIpc) is 3.05. The summed E-state index contributed by atoms with van der Waals surface area (Å²) in [4.78, 5) is 12.5. The number of ether oxygens (including phenoxy) is 2. The molecule has 0 bridgehead atoms. The van der Waals surface area contributed by atoms with Gasteiger partial charge in [-0.2, -0.15) is 0 Å². The van der Waals surface area contributed by atoms with Gasteiger partial charge in [0.05, 0.1) is 6.61 Å². The Labute approximate surface area is 126 Å². The molecule has 1 aromatic carbocycles. The molecule has 2 unspecified atom stereocenters. The third-order valence-electron chi connectivity index (χ3n) is 4.82. The molecule has 1 saturated carbocycles. The summed E-state index contributed by atoms with van der Waals surface area (Å²) in [6.07, 6.45) is 7.21. The summed E-state index contributed by atoms with van der Waals surface area (Å²) in [6, 6.07) is 10.1. The molecule has 1 aliphatic carbocycles. The number of benzene rings is 1. The minimum atomic E-state index is -0.695. The van der Waals surface area contributed by atoms with E-state index in [1.165, 1.54) is 12.8 Å². The largest absolute Gasteiger partial charge is 0.463 e. The van der Waals surface area contributed by atoms with Crippen LogP contribution in [0.25, 0.3) is 0 Å². The summed E-state index contributed by atoms with van der Waals surface area (Å²) < 4.78 is 11.5. The molecular weight excluding hydrogens is 264 g/mol. The third-order valence-corrected chi connectivity index (χ3v) is 4.82. The van der Waals surface area contributed by atoms with E-state index in [2.05, 4.69) is 19.1 Å². The fraction of sp³-hybridized carbons (Fsp3) is 0.611. The average molecular weight is 288 g/mol. The van der Waals surface area contributed by atoms with Crippen LogP contribution in [0.3, 0.4) is 0 Å². The molecule has 3 heteroatoms. The highest BCUT2D eigenvalue weighted by Gasteiger charge is 2.78. The van der Waals surface area contributed by atoms with Gasteiger partial charge < -0.3 is 9.47 Å². The van der Waals surface area contributed by atoms with Gasteiger partial charge in [-0.25, -0.2) is 4.79 Å². The highest BCUT2D eigenvalue weighted by atomic mass is 16.7. The Hall–Kier alpha value is -1.35. The minimum absolute atomic E-state index is 0.152. The first-order valence-electron chi connectivity index (χ1n) is 8.18. The topological polar surface area (TPSA) is 38.8 Å². The van der Waals surface area contributed by atoms with Gasteiger partial charge in [0, 0.05) is 0 Å². The van der Waals surface area contributed by atoms with Gasteiger partial charge in [-0.1, -0.05) is 56.5 Å². The number of unbranched alkanes of at least 4 members (excludes halogenated alkanes) is 3. The summed E-state index contributed by atoms with van der Waals surface area (Å²) in [7, 11) is 0. The predicted molar refractivity (Wildman–Crippen MR) is 80.9 cm³/mol. The van der Waals surface area contributed by atoms with Crippen molar-refractivity contribution < 1.29 is 14.3 Å². The number of hydrogen-bond donors (Lipinski definition) is 0. The lowest BCUT2D eigenvalue weighted by Gasteiger charge is -2.12. The Bertz CT molecular complexity index is 498. The van der Waals surface area contributed by atoms with Crippen molar-refractivity contribution in [2.45, 2.75) is 63.1 Å². The van der Waals surface area contributed by atoms with E-state index >= 15 is 0 Å². The van der Waals surface area contributed by atoms with Crippen molar-refractivity contribution in [3.63, 3.8) is 0 Å². The number of epoxide rings is 1. The molecule has 2 fully saturated rings. The lowest BCUT2D eigenvalue weighted by Crippen LogP contribution is -2.30. The molecule has 1 saturated heterocycles. The Morgan fingerprint density at radius 1 is 1.19 bits per heavy atom. The zero-order valence-corrected chi connectivity index (χ0v) is 12.8. The standard InChI is InChI=1S/C18H24O3/c1-2-3-4-8-14-20-16(19)18-13-9-12-17(18,21-18)15-10-6-5-7-11-15/h5-7,10-11H,2-4,8-9,12-14H2,1H3. The van der Waals surface area contributed by atoms with Gasteiger partial charge in [0.1, 0.15) is 5.60 Å². The van der Waals surface area contributed by atoms with Gasteiger partial charge >= 0.3 is 5.97 Å². The van der Waals surface area contributed by atoms with Crippen LogP contribution in [0.4, 0.5) is 0 Å². The van der Waals surface area contributed by atoms with E-state index in [4.69, 9.17) is 9.47 Å². The predicted octanol–water partition coefficient (Wildman–Crippen LogP) is 3.96. The molecule has 2 atom stereocenters. The van der Waals surface area contributed by atoms with E-state index < -0.39 is 11.2 Å². The molecule has 0 N–H and O–H groups in total. The van der Waals surface area contributed by atoms with Crippen molar-refractivity contribution in [1.29, 1.82) is 0 Å². The van der Waals surface area contributed by atoms with E-state index in [0.29, 0.717) is 6.61 Å². The highest BCUT2D eigenvalue weighted by Crippen LogP contribution is 2.66. The van der Waals surface area contributed by atoms with E-state index in [9.17, 15) is 4.79 Å². The van der Waals surface area contributed by atoms with Crippen molar-refractivity contribution >= 4 is 5.97 Å². The fourth-order valence-electron chi connectivity index (χ4n) is 3.63. The van der Waals surface area contributed by atoms with Crippen LogP contribution in [-0.4, -0.2) is 18.2 Å². The van der Waals surface area contributed by atoms with Crippen molar-refractivity contribution in [2.24, 2.45) is 0 Å². The molecule has 0 aromatic heterocycles. The first-order valence-corrected chi connectivity index (χ1v) is 8.18. The monoisotopic (exact) mass is 288 g/mol. The van der Waals surface area contributed by atoms with Gasteiger partial charge in [0.2, 0.25) is 0 Å². The maximum atomic E-state index is 12.5. The van der Waals surface area contributed by atoms with Gasteiger partial charge in [0.15, 0.2) is 5.60 Å². The number of carbonyl (C=O) groups is 1. The van der Waals surface area contributed by atoms with Gasteiger partial charge in [-0.3, -0.25) is 0 Å². The molecule has 3 nitrogen and oxygen atoms in total. The van der Waals surface area contributed by atoms with Crippen LogP contribution in [0, 0.1) is 0 Å². The SMILES string of the molecule is CCCCCCOC(=O)C12CCCC1(c1ccccc1)O2. The summed E-state index contributed by atoms with van der Waals surface area (Å²) in [6.45, 7) is 2.70. The molecule has 21 heavy (non-hydrogen) atoms. The van der Waals surface area contributed by atoms with Crippen LogP contribution in [0.2, 0.25) is 0 Å². The van der Waals surface area contributed by atoms with Crippen molar-refractivity contribution in [3.05, 3.63) is 35.9 Å². The minimum Gasteiger partial charge on any atom is -0.463 e. The summed E-state index contributed by atoms with van der Waals surface area (Å²) in [5, 5.41) is 0. The Morgan fingerprint density at radius 2 is 2.00 bits per heavy atom. The molecule has 1 aliphatic heterocycles. The molecular formula is C18H24O3. The first kappa shape index (κ1) is 14.6. The summed E-state index contributed by atoms with van der Waals surface area (Å²) in [5.41, 5.74) is 0.0128. The van der Waals surface area contributed by atoms with Crippen LogP contribution >= 0.6 is 0 Å². The van der Waals surface area contributed by atoms with Crippen molar-refractivity contribution in [1.82, 2.24) is 0 Å². The Balaban J connectivity index is 1.62. The van der Waals surface area contributed by atoms with Crippen molar-refractivity contribution in [3.8, 4) is 0 Å². The highest BCUT2D eigenvalue weighted by molar-refractivity contribution is 5.86. The van der Waals surface area contributed by atoms with Gasteiger partial charge in [-0.05, 0) is 31.2 Å². The van der Waals surface area contributed by atoms with Gasteiger partial charge in [-0.15, -0.1) is 0 Å². The normalized spacial score (nSPS) is 30.0. The molecule has 1 heterocycles. The lowest BCUT2D eigenvalue weighted by atomic mass is 9.89. The number of hydrogen-bond acceptors (Lipinski definition) is 3. The number of esters is 1. The van der Waals surface area contributed by atoms with E-state index in [-0.39, 0.29) is 5.97 Å². The second-order valence-electron chi connectivity index (χ2n) is 6.17. The van der Waals surface area contributed by atoms with E-state index in [1.807, 2.05) is 18.2 Å². The second kappa shape index (κ2) is 5.80. The lowest BCUT2D eigenvalue weighted by molar-refractivity contribution is -0.150. The van der Waals surface area contributed by atoms with Crippen LogP contribution in [0.5, 0.6) is 0 Å². The van der Waals surface area contributed by atoms with Crippen LogP contribution in [0.15, 0.2) is 30.3 Å². The number of fused-ring (bicyclic) bond motifs is 1. The summed E-state index contributed by atoms with van der Waals surface area (Å²) in [5.74, 6) is -0.152. The van der Waals surface area contributed by atoms with Crippen LogP contribution in [-0.2, 0) is 19.9 Å². The molecule has 3 rings (SSSR count). The van der Waals surface area contributed by atoms with E-state index in [0.717, 1.165) is 37.7 Å². The van der Waals surface area contributed by atoms with E-state index in [1.54, 1.807) is 0 Å². The molecule has 0 radical (unpaired) electrons.